The van der Waals surface area contributed by atoms with Crippen molar-refractivity contribution in [2.24, 2.45) is 5.92 Å². The lowest BCUT2D eigenvalue weighted by molar-refractivity contribution is -0.136. The van der Waals surface area contributed by atoms with Gasteiger partial charge in [-0.25, -0.2) is 0 Å². The predicted octanol–water partition coefficient (Wildman–Crippen LogP) is 3.53. The number of rotatable bonds is 3. The molecule has 1 unspecified atom stereocenters. The molecule has 3 nitrogen and oxygen atoms in total. The summed E-state index contributed by atoms with van der Waals surface area (Å²) in [4.78, 5) is 25.2. The molecule has 4 heteroatoms. The van der Waals surface area contributed by atoms with E-state index in [1.54, 1.807) is 18.0 Å². The first-order valence-electron chi connectivity index (χ1n) is 5.97. The average Bonchev–Trinajstić information content (AvgIpc) is 2.35. The summed E-state index contributed by atoms with van der Waals surface area (Å²) in [6, 6.07) is 0. The molecule has 1 amide bonds. The molecule has 0 saturated carbocycles. The zero-order valence-corrected chi connectivity index (χ0v) is 12.7. The Hall–Kier alpha value is -1.16. The summed E-state index contributed by atoms with van der Waals surface area (Å²) in [7, 11) is 0. The number of hydrogen-bond acceptors (Lipinski definition) is 2. The van der Waals surface area contributed by atoms with E-state index in [9.17, 15) is 9.59 Å². The fourth-order valence-corrected chi connectivity index (χ4v) is 1.91. The van der Waals surface area contributed by atoms with Gasteiger partial charge in [-0.1, -0.05) is 6.92 Å². The van der Waals surface area contributed by atoms with Crippen LogP contribution in [-0.4, -0.2) is 16.6 Å². The summed E-state index contributed by atoms with van der Waals surface area (Å²) in [6.07, 6.45) is 6.38. The molecule has 98 valence electrons. The molecule has 1 atom stereocenters. The molecule has 0 aromatic heterocycles. The SMILES string of the molecule is CCC(C)=C1C=CC(Br)=CN1C(=O)C(C)C(C)=O. The van der Waals surface area contributed by atoms with Crippen molar-refractivity contribution >= 4 is 27.6 Å². The average molecular weight is 312 g/mol. The van der Waals surface area contributed by atoms with Crippen molar-refractivity contribution in [2.75, 3.05) is 0 Å². The Balaban J connectivity index is 3.14. The van der Waals surface area contributed by atoms with E-state index in [0.29, 0.717) is 0 Å². The molecule has 1 aliphatic heterocycles. The van der Waals surface area contributed by atoms with Crippen molar-refractivity contribution < 1.29 is 9.59 Å². The zero-order valence-electron chi connectivity index (χ0n) is 11.2. The monoisotopic (exact) mass is 311 g/mol. The van der Waals surface area contributed by atoms with Crippen molar-refractivity contribution in [2.45, 2.75) is 34.1 Å². The number of hydrogen-bond donors (Lipinski definition) is 0. The third-order valence-electron chi connectivity index (χ3n) is 3.10. The van der Waals surface area contributed by atoms with Crippen LogP contribution < -0.4 is 0 Å². The summed E-state index contributed by atoms with van der Waals surface area (Å²) < 4.78 is 0.819. The highest BCUT2D eigenvalue weighted by Gasteiger charge is 2.26. The molecule has 18 heavy (non-hydrogen) atoms. The molecule has 0 aliphatic carbocycles. The van der Waals surface area contributed by atoms with Crippen LogP contribution in [0.1, 0.15) is 34.1 Å². The van der Waals surface area contributed by atoms with E-state index in [1.807, 2.05) is 26.0 Å². The fourth-order valence-electron chi connectivity index (χ4n) is 1.57. The number of Topliss-reactive ketones (excluding diaryl/α,β-unsaturated/α-hetero) is 1. The van der Waals surface area contributed by atoms with E-state index in [1.165, 1.54) is 6.92 Å². The van der Waals surface area contributed by atoms with Crippen LogP contribution in [0.15, 0.2) is 34.1 Å². The van der Waals surface area contributed by atoms with Crippen molar-refractivity contribution in [1.82, 2.24) is 4.90 Å². The molecule has 0 aromatic carbocycles. The lowest BCUT2D eigenvalue weighted by Gasteiger charge is -2.26. The van der Waals surface area contributed by atoms with Crippen LogP contribution in [0.5, 0.6) is 0 Å². The Kier molecular flexibility index (Phi) is 5.08. The zero-order chi connectivity index (χ0) is 13.9. The van der Waals surface area contributed by atoms with Gasteiger partial charge < -0.3 is 0 Å². The first-order chi connectivity index (χ1) is 8.38. The topological polar surface area (TPSA) is 37.4 Å². The third-order valence-corrected chi connectivity index (χ3v) is 3.57. The number of amides is 1. The maximum Gasteiger partial charge on any atom is 0.241 e. The van der Waals surface area contributed by atoms with Crippen LogP contribution in [0, 0.1) is 5.92 Å². The van der Waals surface area contributed by atoms with Gasteiger partial charge in [0, 0.05) is 16.4 Å². The van der Waals surface area contributed by atoms with Gasteiger partial charge in [0.25, 0.3) is 0 Å². The molecule has 1 heterocycles. The molecule has 0 saturated heterocycles. The highest BCUT2D eigenvalue weighted by Crippen LogP contribution is 2.26. The highest BCUT2D eigenvalue weighted by molar-refractivity contribution is 9.11. The number of nitrogens with zero attached hydrogens (tertiary/aromatic N) is 1. The smallest absolute Gasteiger partial charge is 0.241 e. The van der Waals surface area contributed by atoms with Gasteiger partial charge in [-0.05, 0) is 60.8 Å². The normalized spacial score (nSPS) is 19.4. The summed E-state index contributed by atoms with van der Waals surface area (Å²) in [5.74, 6) is -0.924. The second-order valence-electron chi connectivity index (χ2n) is 4.41. The Morgan fingerprint density at radius 3 is 2.44 bits per heavy atom. The van der Waals surface area contributed by atoms with Gasteiger partial charge >= 0.3 is 0 Å². The molecule has 0 fully saturated rings. The van der Waals surface area contributed by atoms with Gasteiger partial charge in [0.1, 0.15) is 5.78 Å². The minimum atomic E-state index is -0.618. The van der Waals surface area contributed by atoms with Gasteiger partial charge in [0.05, 0.1) is 5.92 Å². The lowest BCUT2D eigenvalue weighted by Crippen LogP contribution is -2.34. The van der Waals surface area contributed by atoms with E-state index < -0.39 is 5.92 Å². The Bertz CT molecular complexity index is 460. The van der Waals surface area contributed by atoms with Gasteiger partial charge in [0.2, 0.25) is 5.91 Å². The minimum Gasteiger partial charge on any atom is -0.299 e. The van der Waals surface area contributed by atoms with E-state index in [4.69, 9.17) is 0 Å². The second kappa shape index (κ2) is 6.14. The molecule has 1 rings (SSSR count). The summed E-state index contributed by atoms with van der Waals surface area (Å²) in [5, 5.41) is 0. The number of carbonyl (C=O) groups is 2. The highest BCUT2D eigenvalue weighted by atomic mass is 79.9. The summed E-state index contributed by atoms with van der Waals surface area (Å²) in [5.41, 5.74) is 1.98. The standard InChI is InChI=1S/C14H18BrNO2/c1-5-9(2)13-7-6-12(15)8-16(13)14(18)10(3)11(4)17/h6-8,10H,5H2,1-4H3. The Labute approximate surface area is 116 Å². The van der Waals surface area contributed by atoms with E-state index >= 15 is 0 Å². The first kappa shape index (κ1) is 14.9. The van der Waals surface area contributed by atoms with Gasteiger partial charge in [0.15, 0.2) is 0 Å². The van der Waals surface area contributed by atoms with Gasteiger partial charge in [-0.3, -0.25) is 14.5 Å². The molecule has 1 aliphatic rings. The van der Waals surface area contributed by atoms with Gasteiger partial charge in [-0.15, -0.1) is 0 Å². The van der Waals surface area contributed by atoms with Crippen LogP contribution >= 0.6 is 15.9 Å². The maximum absolute atomic E-state index is 12.3. The molecular weight excluding hydrogens is 294 g/mol. The molecule has 0 bridgehead atoms. The molecule has 0 aromatic rings. The predicted molar refractivity (Wildman–Crippen MR) is 75.8 cm³/mol. The lowest BCUT2D eigenvalue weighted by atomic mass is 10.0. The minimum absolute atomic E-state index is 0.118. The van der Waals surface area contributed by atoms with Crippen molar-refractivity contribution in [3.63, 3.8) is 0 Å². The quantitative estimate of drug-likeness (QED) is 0.748. The molecule has 0 spiro atoms. The van der Waals surface area contributed by atoms with Crippen LogP contribution in [0.2, 0.25) is 0 Å². The van der Waals surface area contributed by atoms with E-state index in [2.05, 4.69) is 15.9 Å². The van der Waals surface area contributed by atoms with Crippen molar-refractivity contribution in [3.05, 3.63) is 34.1 Å². The van der Waals surface area contributed by atoms with E-state index in [-0.39, 0.29) is 11.7 Å². The van der Waals surface area contributed by atoms with Crippen LogP contribution in [0.3, 0.4) is 0 Å². The first-order valence-corrected chi connectivity index (χ1v) is 6.76. The van der Waals surface area contributed by atoms with Crippen LogP contribution in [-0.2, 0) is 9.59 Å². The van der Waals surface area contributed by atoms with Crippen LogP contribution in [0.4, 0.5) is 0 Å². The third kappa shape index (κ3) is 3.19. The van der Waals surface area contributed by atoms with Gasteiger partial charge in [-0.2, -0.15) is 0 Å². The molecular formula is C14H18BrNO2. The molecule has 0 N–H and O–H groups in total. The maximum atomic E-state index is 12.3. The second-order valence-corrected chi connectivity index (χ2v) is 5.32. The number of ketones is 1. The Morgan fingerprint density at radius 2 is 1.94 bits per heavy atom. The molecule has 0 radical (unpaired) electrons. The number of carbonyl (C=O) groups excluding carboxylic acids is 2. The number of allylic oxidation sites excluding steroid dienone is 4. The Morgan fingerprint density at radius 1 is 1.33 bits per heavy atom. The fraction of sp³-hybridized carbons (Fsp3) is 0.429. The van der Waals surface area contributed by atoms with Crippen molar-refractivity contribution in [3.8, 4) is 0 Å². The van der Waals surface area contributed by atoms with Crippen LogP contribution in [0.25, 0.3) is 0 Å². The number of halogens is 1. The van der Waals surface area contributed by atoms with Crippen molar-refractivity contribution in [1.29, 1.82) is 0 Å². The summed E-state index contributed by atoms with van der Waals surface area (Å²) >= 11 is 3.35. The van der Waals surface area contributed by atoms with E-state index in [0.717, 1.165) is 22.2 Å². The summed E-state index contributed by atoms with van der Waals surface area (Å²) in [6.45, 7) is 7.12. The largest absolute Gasteiger partial charge is 0.299 e.